The molecule has 7 nitrogen and oxygen atoms in total. The van der Waals surface area contributed by atoms with Crippen molar-refractivity contribution in [3.63, 3.8) is 0 Å². The summed E-state index contributed by atoms with van der Waals surface area (Å²) in [5.74, 6) is 0.645. The molecule has 2 aliphatic heterocycles. The van der Waals surface area contributed by atoms with Crippen molar-refractivity contribution in [1.29, 1.82) is 0 Å². The molecule has 2 aliphatic rings. The van der Waals surface area contributed by atoms with E-state index in [4.69, 9.17) is 0 Å². The molecule has 0 saturated carbocycles. The smallest absolute Gasteiger partial charge is 0.252 e. The second-order valence-electron chi connectivity index (χ2n) is 6.85. The summed E-state index contributed by atoms with van der Waals surface area (Å²) in [7, 11) is 2.16. The quantitative estimate of drug-likeness (QED) is 0.818. The van der Waals surface area contributed by atoms with Crippen molar-refractivity contribution >= 4 is 17.6 Å². The zero-order valence-corrected chi connectivity index (χ0v) is 14.8. The summed E-state index contributed by atoms with van der Waals surface area (Å²) in [5.41, 5.74) is 0.558. The normalized spacial score (nSPS) is 21.7. The number of aromatic nitrogens is 1. The standard InChI is InChI=1S/C18H27N5O2/c1-22-10-3-2-4-15(22)7-8-20-18(25)14-5-6-16(21-12-14)23-11-9-19-17(24)13-23/h5-6,12,15H,2-4,7-11,13H2,1H3,(H,19,24)(H,20,25). The van der Waals surface area contributed by atoms with E-state index in [1.807, 2.05) is 11.0 Å². The molecule has 0 aromatic carbocycles. The lowest BCUT2D eigenvalue weighted by molar-refractivity contribution is -0.120. The molecule has 3 heterocycles. The molecule has 136 valence electrons. The summed E-state index contributed by atoms with van der Waals surface area (Å²) < 4.78 is 0. The maximum absolute atomic E-state index is 12.3. The number of anilines is 1. The van der Waals surface area contributed by atoms with E-state index < -0.39 is 0 Å². The molecule has 7 heteroatoms. The van der Waals surface area contributed by atoms with Crippen molar-refractivity contribution in [1.82, 2.24) is 20.5 Å². The van der Waals surface area contributed by atoms with Gasteiger partial charge in [0.2, 0.25) is 5.91 Å². The Bertz CT molecular complexity index is 604. The van der Waals surface area contributed by atoms with E-state index in [-0.39, 0.29) is 11.8 Å². The van der Waals surface area contributed by atoms with Gasteiger partial charge in [0.05, 0.1) is 12.1 Å². The van der Waals surface area contributed by atoms with Crippen LogP contribution in [0.4, 0.5) is 5.82 Å². The first-order valence-corrected chi connectivity index (χ1v) is 9.09. The van der Waals surface area contributed by atoms with Gasteiger partial charge in [0.25, 0.3) is 5.91 Å². The SMILES string of the molecule is CN1CCCCC1CCNC(=O)c1ccc(N2CCNC(=O)C2)nc1. The van der Waals surface area contributed by atoms with Crippen molar-refractivity contribution in [3.8, 4) is 0 Å². The van der Waals surface area contributed by atoms with E-state index in [2.05, 4.69) is 27.6 Å². The van der Waals surface area contributed by atoms with E-state index >= 15 is 0 Å². The highest BCUT2D eigenvalue weighted by molar-refractivity contribution is 5.94. The van der Waals surface area contributed by atoms with Gasteiger partial charge in [-0.05, 0) is 45.0 Å². The summed E-state index contributed by atoms with van der Waals surface area (Å²) in [5, 5.41) is 5.78. The number of carbonyl (C=O) groups excluding carboxylic acids is 2. The largest absolute Gasteiger partial charge is 0.353 e. The molecule has 0 bridgehead atoms. The number of rotatable bonds is 5. The first-order chi connectivity index (χ1) is 12.1. The van der Waals surface area contributed by atoms with Gasteiger partial charge in [-0.15, -0.1) is 0 Å². The molecule has 1 unspecified atom stereocenters. The van der Waals surface area contributed by atoms with Gasteiger partial charge in [-0.25, -0.2) is 4.98 Å². The van der Waals surface area contributed by atoms with Crippen LogP contribution in [0.3, 0.4) is 0 Å². The Hall–Kier alpha value is -2.15. The summed E-state index contributed by atoms with van der Waals surface area (Å²) in [6, 6.07) is 4.15. The van der Waals surface area contributed by atoms with Crippen LogP contribution >= 0.6 is 0 Å². The third-order valence-corrected chi connectivity index (χ3v) is 5.06. The van der Waals surface area contributed by atoms with Crippen molar-refractivity contribution in [2.75, 3.05) is 44.7 Å². The van der Waals surface area contributed by atoms with E-state index in [0.29, 0.717) is 31.2 Å². The van der Waals surface area contributed by atoms with Crippen LogP contribution in [0.15, 0.2) is 18.3 Å². The Morgan fingerprint density at radius 2 is 2.24 bits per heavy atom. The highest BCUT2D eigenvalue weighted by Gasteiger charge is 2.19. The number of hydrogen-bond acceptors (Lipinski definition) is 5. The van der Waals surface area contributed by atoms with Crippen LogP contribution in [0.2, 0.25) is 0 Å². The van der Waals surface area contributed by atoms with Gasteiger partial charge in [0.1, 0.15) is 5.82 Å². The lowest BCUT2D eigenvalue weighted by atomic mass is 10.0. The zero-order chi connectivity index (χ0) is 17.6. The Morgan fingerprint density at radius 3 is 2.96 bits per heavy atom. The lowest BCUT2D eigenvalue weighted by Gasteiger charge is -2.32. The number of hydrogen-bond donors (Lipinski definition) is 2. The van der Waals surface area contributed by atoms with E-state index in [1.54, 1.807) is 12.3 Å². The predicted molar refractivity (Wildman–Crippen MR) is 96.7 cm³/mol. The Labute approximate surface area is 148 Å². The fourth-order valence-corrected chi connectivity index (χ4v) is 3.50. The summed E-state index contributed by atoms with van der Waals surface area (Å²) in [6.07, 6.45) is 6.34. The molecule has 0 aliphatic carbocycles. The van der Waals surface area contributed by atoms with Crippen molar-refractivity contribution in [2.24, 2.45) is 0 Å². The molecule has 0 radical (unpaired) electrons. The molecule has 25 heavy (non-hydrogen) atoms. The number of nitrogens with one attached hydrogen (secondary N) is 2. The second-order valence-corrected chi connectivity index (χ2v) is 6.85. The van der Waals surface area contributed by atoms with Gasteiger partial charge in [-0.3, -0.25) is 9.59 Å². The molecule has 1 atom stereocenters. The number of likely N-dealkylation sites (tertiary alicyclic amines) is 1. The third-order valence-electron chi connectivity index (χ3n) is 5.06. The molecule has 2 amide bonds. The van der Waals surface area contributed by atoms with Gasteiger partial charge in [0.15, 0.2) is 0 Å². The number of piperazine rings is 1. The van der Waals surface area contributed by atoms with Gasteiger partial charge < -0.3 is 20.4 Å². The minimum Gasteiger partial charge on any atom is -0.353 e. The first-order valence-electron chi connectivity index (χ1n) is 9.09. The van der Waals surface area contributed by atoms with E-state index in [9.17, 15) is 9.59 Å². The molecule has 0 spiro atoms. The summed E-state index contributed by atoms with van der Waals surface area (Å²) >= 11 is 0. The third kappa shape index (κ3) is 4.69. The second kappa shape index (κ2) is 8.29. The van der Waals surface area contributed by atoms with Crippen molar-refractivity contribution < 1.29 is 9.59 Å². The summed E-state index contributed by atoms with van der Waals surface area (Å²) in [4.78, 5) is 32.4. The van der Waals surface area contributed by atoms with Crippen LogP contribution in [0, 0.1) is 0 Å². The van der Waals surface area contributed by atoms with Gasteiger partial charge in [-0.2, -0.15) is 0 Å². The van der Waals surface area contributed by atoms with Crippen molar-refractivity contribution in [2.45, 2.75) is 31.7 Å². The van der Waals surface area contributed by atoms with Crippen LogP contribution in [0.1, 0.15) is 36.0 Å². The average Bonchev–Trinajstić information content (AvgIpc) is 2.63. The topological polar surface area (TPSA) is 77.6 Å². The van der Waals surface area contributed by atoms with E-state index in [1.165, 1.54) is 19.3 Å². The molecule has 2 saturated heterocycles. The first kappa shape index (κ1) is 17.7. The molecular formula is C18H27N5O2. The Morgan fingerprint density at radius 1 is 1.36 bits per heavy atom. The molecule has 2 N–H and O–H groups in total. The molecule has 3 rings (SSSR count). The Balaban J connectivity index is 1.48. The zero-order valence-electron chi connectivity index (χ0n) is 14.8. The number of carbonyl (C=O) groups is 2. The number of nitrogens with zero attached hydrogens (tertiary/aromatic N) is 3. The number of pyridine rings is 1. The fraction of sp³-hybridized carbons (Fsp3) is 0.611. The monoisotopic (exact) mass is 345 g/mol. The van der Waals surface area contributed by atoms with E-state index in [0.717, 1.165) is 25.3 Å². The summed E-state index contributed by atoms with van der Waals surface area (Å²) in [6.45, 7) is 3.51. The molecular weight excluding hydrogens is 318 g/mol. The van der Waals surface area contributed by atoms with Gasteiger partial charge in [0, 0.05) is 31.9 Å². The maximum atomic E-state index is 12.3. The number of amides is 2. The van der Waals surface area contributed by atoms with Crippen LogP contribution < -0.4 is 15.5 Å². The lowest BCUT2D eigenvalue weighted by Crippen LogP contribution is -2.48. The minimum absolute atomic E-state index is 0.00236. The predicted octanol–water partition coefficient (Wildman–Crippen LogP) is 0.622. The van der Waals surface area contributed by atoms with Crippen LogP contribution in [0.5, 0.6) is 0 Å². The minimum atomic E-state index is -0.0890. The maximum Gasteiger partial charge on any atom is 0.252 e. The van der Waals surface area contributed by atoms with Gasteiger partial charge >= 0.3 is 0 Å². The average molecular weight is 345 g/mol. The van der Waals surface area contributed by atoms with Gasteiger partial charge in [-0.1, -0.05) is 6.42 Å². The van der Waals surface area contributed by atoms with Crippen LogP contribution in [0.25, 0.3) is 0 Å². The van der Waals surface area contributed by atoms with Crippen LogP contribution in [-0.4, -0.2) is 67.5 Å². The molecule has 1 aromatic heterocycles. The highest BCUT2D eigenvalue weighted by Crippen LogP contribution is 2.17. The number of piperidine rings is 1. The van der Waals surface area contributed by atoms with Crippen LogP contribution in [-0.2, 0) is 4.79 Å². The highest BCUT2D eigenvalue weighted by atomic mass is 16.2. The van der Waals surface area contributed by atoms with Crippen molar-refractivity contribution in [3.05, 3.63) is 23.9 Å². The fourth-order valence-electron chi connectivity index (χ4n) is 3.50. The molecule has 2 fully saturated rings. The Kier molecular flexibility index (Phi) is 5.86. The molecule has 1 aromatic rings.